The fraction of sp³-hybridized carbons (Fsp3) is 0.0588. The van der Waals surface area contributed by atoms with E-state index in [1.807, 2.05) is 24.3 Å². The van der Waals surface area contributed by atoms with Crippen LogP contribution in [0.3, 0.4) is 0 Å². The van der Waals surface area contributed by atoms with Crippen LogP contribution in [0.15, 0.2) is 59.1 Å². The van der Waals surface area contributed by atoms with Crippen LogP contribution in [-0.2, 0) is 4.79 Å². The molecule has 2 rings (SSSR count). The van der Waals surface area contributed by atoms with Crippen LogP contribution in [0.4, 0.5) is 0 Å². The minimum absolute atomic E-state index is 0.146. The quantitative estimate of drug-likeness (QED) is 0.635. The molecule has 2 N–H and O–H groups in total. The molecule has 5 heteroatoms. The molecule has 4 nitrogen and oxygen atoms in total. The van der Waals surface area contributed by atoms with Crippen molar-refractivity contribution in [2.45, 2.75) is 0 Å². The highest BCUT2D eigenvalue weighted by Gasteiger charge is 2.04. The largest absolute Gasteiger partial charge is 0.484 e. The van der Waals surface area contributed by atoms with Crippen molar-refractivity contribution in [2.75, 3.05) is 6.61 Å². The highest BCUT2D eigenvalue weighted by Crippen LogP contribution is 2.15. The van der Waals surface area contributed by atoms with E-state index in [0.717, 1.165) is 10.0 Å². The molecule has 0 aliphatic heterocycles. The first kappa shape index (κ1) is 16.0. The smallest absolute Gasteiger partial charge is 0.255 e. The highest BCUT2D eigenvalue weighted by atomic mass is 79.9. The van der Waals surface area contributed by atoms with Gasteiger partial charge in [0.05, 0.1) is 0 Å². The summed E-state index contributed by atoms with van der Waals surface area (Å²) in [5.74, 6) is -0.277. The van der Waals surface area contributed by atoms with Crippen LogP contribution in [0.2, 0.25) is 0 Å². The highest BCUT2D eigenvalue weighted by molar-refractivity contribution is 9.10. The van der Waals surface area contributed by atoms with E-state index in [-0.39, 0.29) is 12.4 Å². The normalized spacial score (nSPS) is 10.6. The molecule has 0 heterocycles. The first-order valence-corrected chi connectivity index (χ1v) is 7.33. The van der Waals surface area contributed by atoms with Crippen molar-refractivity contribution in [3.63, 3.8) is 0 Å². The van der Waals surface area contributed by atoms with Gasteiger partial charge in [-0.1, -0.05) is 46.3 Å². The van der Waals surface area contributed by atoms with Gasteiger partial charge in [0.25, 0.3) is 5.91 Å². The van der Waals surface area contributed by atoms with Crippen molar-refractivity contribution in [1.82, 2.24) is 0 Å². The number of nitrogens with two attached hydrogens (primary N) is 1. The third-order valence-corrected chi connectivity index (χ3v) is 3.33. The first-order valence-electron chi connectivity index (χ1n) is 6.54. The molecule has 0 aromatic heterocycles. The Labute approximate surface area is 136 Å². The summed E-state index contributed by atoms with van der Waals surface area (Å²) in [4.78, 5) is 22.8. The van der Waals surface area contributed by atoms with Gasteiger partial charge in [0, 0.05) is 10.0 Å². The molecule has 0 spiro atoms. The summed E-state index contributed by atoms with van der Waals surface area (Å²) < 4.78 is 6.16. The van der Waals surface area contributed by atoms with E-state index >= 15 is 0 Å². The van der Waals surface area contributed by atoms with Crippen LogP contribution in [0, 0.1) is 0 Å². The zero-order valence-corrected chi connectivity index (χ0v) is 13.2. The van der Waals surface area contributed by atoms with Crippen LogP contribution in [0.1, 0.15) is 15.9 Å². The van der Waals surface area contributed by atoms with Crippen LogP contribution >= 0.6 is 15.9 Å². The van der Waals surface area contributed by atoms with E-state index in [4.69, 9.17) is 10.5 Å². The fourth-order valence-corrected chi connectivity index (χ4v) is 2.00. The van der Waals surface area contributed by atoms with Crippen molar-refractivity contribution in [1.29, 1.82) is 0 Å². The van der Waals surface area contributed by atoms with Gasteiger partial charge < -0.3 is 10.5 Å². The molecule has 0 radical (unpaired) electrons. The lowest BCUT2D eigenvalue weighted by atomic mass is 10.1. The number of carbonyl (C=O) groups is 2. The molecule has 0 unspecified atom stereocenters. The maximum Gasteiger partial charge on any atom is 0.255 e. The number of hydrogen-bond donors (Lipinski definition) is 1. The van der Waals surface area contributed by atoms with Gasteiger partial charge >= 0.3 is 0 Å². The van der Waals surface area contributed by atoms with Gasteiger partial charge in [-0.05, 0) is 35.9 Å². The molecule has 0 saturated heterocycles. The van der Waals surface area contributed by atoms with E-state index in [0.29, 0.717) is 11.3 Å². The summed E-state index contributed by atoms with van der Waals surface area (Å²) in [6.07, 6.45) is 3.24. The zero-order valence-electron chi connectivity index (χ0n) is 11.7. The van der Waals surface area contributed by atoms with Gasteiger partial charge in [-0.25, -0.2) is 0 Å². The molecule has 0 aliphatic rings. The fourth-order valence-electron chi connectivity index (χ4n) is 1.74. The molecular formula is C17H14BrNO3. The molecule has 2 aromatic rings. The number of allylic oxidation sites excluding steroid dienone is 1. The Morgan fingerprint density at radius 3 is 2.55 bits per heavy atom. The lowest BCUT2D eigenvalue weighted by molar-refractivity contribution is -0.119. The number of hydrogen-bond acceptors (Lipinski definition) is 3. The maximum atomic E-state index is 12.1. The third-order valence-electron chi connectivity index (χ3n) is 2.80. The number of halogens is 1. The van der Waals surface area contributed by atoms with Crippen molar-refractivity contribution in [3.05, 3.63) is 70.2 Å². The molecule has 2 aromatic carbocycles. The van der Waals surface area contributed by atoms with Crippen molar-refractivity contribution < 1.29 is 14.3 Å². The SMILES string of the molecule is NC(=O)COc1cccc(C(=O)/C=C/c2ccc(Br)cc2)c1. The van der Waals surface area contributed by atoms with Crippen LogP contribution < -0.4 is 10.5 Å². The number of benzene rings is 2. The average Bonchev–Trinajstić information content (AvgIpc) is 2.52. The second-order valence-electron chi connectivity index (χ2n) is 4.53. The Morgan fingerprint density at radius 2 is 1.86 bits per heavy atom. The molecule has 1 amide bonds. The topological polar surface area (TPSA) is 69.4 Å². The minimum Gasteiger partial charge on any atom is -0.484 e. The zero-order chi connectivity index (χ0) is 15.9. The minimum atomic E-state index is -0.563. The van der Waals surface area contributed by atoms with Crippen LogP contribution in [0.5, 0.6) is 5.75 Å². The summed E-state index contributed by atoms with van der Waals surface area (Å²) in [6.45, 7) is -0.216. The van der Waals surface area contributed by atoms with Crippen LogP contribution in [0.25, 0.3) is 6.08 Å². The van der Waals surface area contributed by atoms with Gasteiger partial charge in [0.1, 0.15) is 5.75 Å². The molecule has 0 atom stereocenters. The van der Waals surface area contributed by atoms with Gasteiger partial charge in [-0.2, -0.15) is 0 Å². The first-order chi connectivity index (χ1) is 10.5. The standard InChI is InChI=1S/C17H14BrNO3/c18-14-7-4-12(5-8-14)6-9-16(20)13-2-1-3-15(10-13)22-11-17(19)21/h1-10H,11H2,(H2,19,21)/b9-6+. The molecule has 0 fully saturated rings. The lowest BCUT2D eigenvalue weighted by Gasteiger charge is -2.04. The summed E-state index contributed by atoms with van der Waals surface area (Å²) in [5.41, 5.74) is 6.43. The summed E-state index contributed by atoms with van der Waals surface area (Å²) in [5, 5.41) is 0. The third kappa shape index (κ3) is 4.86. The number of rotatable bonds is 6. The van der Waals surface area contributed by atoms with Crippen molar-refractivity contribution in [3.8, 4) is 5.75 Å². The Morgan fingerprint density at radius 1 is 1.14 bits per heavy atom. The predicted octanol–water partition coefficient (Wildman–Crippen LogP) is 3.21. The number of amides is 1. The second-order valence-corrected chi connectivity index (χ2v) is 5.45. The average molecular weight is 360 g/mol. The monoisotopic (exact) mass is 359 g/mol. The molecular weight excluding hydrogens is 346 g/mol. The van der Waals surface area contributed by atoms with Gasteiger partial charge in [-0.15, -0.1) is 0 Å². The Balaban J connectivity index is 2.07. The molecule has 22 heavy (non-hydrogen) atoms. The van der Waals surface area contributed by atoms with E-state index in [2.05, 4.69) is 15.9 Å². The van der Waals surface area contributed by atoms with Gasteiger partial charge in [-0.3, -0.25) is 9.59 Å². The number of ketones is 1. The van der Waals surface area contributed by atoms with Crippen LogP contribution in [-0.4, -0.2) is 18.3 Å². The van der Waals surface area contributed by atoms with Gasteiger partial charge in [0.2, 0.25) is 0 Å². The Hall–Kier alpha value is -2.40. The number of primary amides is 1. The molecule has 0 bridgehead atoms. The Kier molecular flexibility index (Phi) is 5.49. The van der Waals surface area contributed by atoms with E-state index in [1.165, 1.54) is 6.08 Å². The van der Waals surface area contributed by atoms with Crippen molar-refractivity contribution >= 4 is 33.7 Å². The Bertz CT molecular complexity index is 708. The predicted molar refractivity (Wildman–Crippen MR) is 88.6 cm³/mol. The van der Waals surface area contributed by atoms with E-state index in [1.54, 1.807) is 30.3 Å². The molecule has 0 saturated carbocycles. The molecule has 0 aliphatic carbocycles. The maximum absolute atomic E-state index is 12.1. The van der Waals surface area contributed by atoms with Gasteiger partial charge in [0.15, 0.2) is 12.4 Å². The number of ether oxygens (including phenoxy) is 1. The van der Waals surface area contributed by atoms with E-state index < -0.39 is 5.91 Å². The summed E-state index contributed by atoms with van der Waals surface area (Å²) in [7, 11) is 0. The lowest BCUT2D eigenvalue weighted by Crippen LogP contribution is -2.20. The molecule has 112 valence electrons. The van der Waals surface area contributed by atoms with E-state index in [9.17, 15) is 9.59 Å². The summed E-state index contributed by atoms with van der Waals surface area (Å²) >= 11 is 3.36. The summed E-state index contributed by atoms with van der Waals surface area (Å²) in [6, 6.07) is 14.2. The number of carbonyl (C=O) groups excluding carboxylic acids is 2. The second kappa shape index (κ2) is 7.56. The van der Waals surface area contributed by atoms with Crippen molar-refractivity contribution in [2.24, 2.45) is 5.73 Å².